The standard InChI is InChI=1S/C12H7FN4O4/c13-8-5-6(1-2-7(8)11(18)19)21-10-4-3-9-14-15-12(20)17(9)16-10/h1-5H,(H,15,20)(H,18,19). The predicted molar refractivity (Wildman–Crippen MR) is 67.0 cm³/mol. The van der Waals surface area contributed by atoms with E-state index in [1.165, 1.54) is 18.2 Å². The maximum Gasteiger partial charge on any atom is 0.364 e. The summed E-state index contributed by atoms with van der Waals surface area (Å²) in [5.74, 6) is -2.21. The zero-order valence-corrected chi connectivity index (χ0v) is 10.3. The number of carboxylic acids is 1. The van der Waals surface area contributed by atoms with Gasteiger partial charge in [0, 0.05) is 12.1 Å². The van der Waals surface area contributed by atoms with Gasteiger partial charge in [0.05, 0.1) is 5.56 Å². The highest BCUT2D eigenvalue weighted by Crippen LogP contribution is 2.22. The average Bonchev–Trinajstić information content (AvgIpc) is 2.80. The highest BCUT2D eigenvalue weighted by atomic mass is 19.1. The molecule has 3 rings (SSSR count). The molecule has 0 amide bonds. The Labute approximate surface area is 115 Å². The number of aromatic carboxylic acids is 1. The summed E-state index contributed by atoms with van der Waals surface area (Å²) in [6, 6.07) is 6.22. The van der Waals surface area contributed by atoms with Crippen LogP contribution in [0.5, 0.6) is 11.6 Å². The summed E-state index contributed by atoms with van der Waals surface area (Å²) in [6.07, 6.45) is 0. The largest absolute Gasteiger partial charge is 0.478 e. The van der Waals surface area contributed by atoms with Crippen LogP contribution < -0.4 is 10.4 Å². The van der Waals surface area contributed by atoms with Crippen molar-refractivity contribution in [2.24, 2.45) is 0 Å². The van der Waals surface area contributed by atoms with Gasteiger partial charge in [-0.1, -0.05) is 0 Å². The summed E-state index contributed by atoms with van der Waals surface area (Å²) in [4.78, 5) is 22.1. The first-order valence-corrected chi connectivity index (χ1v) is 5.70. The Hall–Kier alpha value is -3.23. The average molecular weight is 290 g/mol. The molecule has 0 aliphatic carbocycles. The number of nitrogens with zero attached hydrogens (tertiary/aromatic N) is 3. The second-order valence-electron chi connectivity index (χ2n) is 4.02. The number of carbonyl (C=O) groups is 1. The van der Waals surface area contributed by atoms with Crippen molar-refractivity contribution in [1.29, 1.82) is 0 Å². The molecule has 106 valence electrons. The molecule has 21 heavy (non-hydrogen) atoms. The predicted octanol–water partition coefficient (Wildman–Crippen LogP) is 1.05. The first kappa shape index (κ1) is 12.8. The van der Waals surface area contributed by atoms with Gasteiger partial charge in [-0.2, -0.15) is 9.61 Å². The van der Waals surface area contributed by atoms with E-state index in [1.807, 2.05) is 0 Å². The van der Waals surface area contributed by atoms with Crippen molar-refractivity contribution in [3.8, 4) is 11.6 Å². The first-order valence-electron chi connectivity index (χ1n) is 5.70. The molecule has 0 atom stereocenters. The van der Waals surface area contributed by atoms with E-state index in [2.05, 4.69) is 15.3 Å². The molecule has 9 heteroatoms. The summed E-state index contributed by atoms with van der Waals surface area (Å²) in [5, 5.41) is 18.5. The van der Waals surface area contributed by atoms with Gasteiger partial charge in [0.1, 0.15) is 11.6 Å². The molecule has 0 aliphatic rings. The number of fused-ring (bicyclic) bond motifs is 1. The zero-order valence-electron chi connectivity index (χ0n) is 10.3. The van der Waals surface area contributed by atoms with Gasteiger partial charge in [-0.3, -0.25) is 0 Å². The smallest absolute Gasteiger partial charge is 0.364 e. The summed E-state index contributed by atoms with van der Waals surface area (Å²) < 4.78 is 19.8. The van der Waals surface area contributed by atoms with E-state index in [9.17, 15) is 14.0 Å². The van der Waals surface area contributed by atoms with Crippen molar-refractivity contribution in [1.82, 2.24) is 19.8 Å². The number of H-pyrrole nitrogens is 1. The minimum Gasteiger partial charge on any atom is -0.478 e. The van der Waals surface area contributed by atoms with Gasteiger partial charge >= 0.3 is 11.7 Å². The monoisotopic (exact) mass is 290 g/mol. The van der Waals surface area contributed by atoms with Gasteiger partial charge in [0.25, 0.3) is 0 Å². The van der Waals surface area contributed by atoms with Crippen molar-refractivity contribution in [2.75, 3.05) is 0 Å². The van der Waals surface area contributed by atoms with Gasteiger partial charge in [-0.15, -0.1) is 5.10 Å². The Morgan fingerprint density at radius 3 is 2.86 bits per heavy atom. The molecule has 2 N–H and O–H groups in total. The van der Waals surface area contributed by atoms with E-state index in [-0.39, 0.29) is 11.6 Å². The molecule has 0 saturated carbocycles. The van der Waals surface area contributed by atoms with Crippen molar-refractivity contribution in [3.05, 3.63) is 52.2 Å². The normalized spacial score (nSPS) is 10.7. The van der Waals surface area contributed by atoms with Gasteiger partial charge in [-0.05, 0) is 18.2 Å². The Bertz CT molecular complexity index is 902. The van der Waals surface area contributed by atoms with E-state index in [1.54, 1.807) is 0 Å². The maximum atomic E-state index is 13.5. The van der Waals surface area contributed by atoms with Crippen molar-refractivity contribution in [2.45, 2.75) is 0 Å². The number of aromatic nitrogens is 4. The highest BCUT2D eigenvalue weighted by Gasteiger charge is 2.12. The minimum absolute atomic E-state index is 0.0356. The van der Waals surface area contributed by atoms with Gasteiger partial charge < -0.3 is 9.84 Å². The summed E-state index contributed by atoms with van der Waals surface area (Å²) in [7, 11) is 0. The fourth-order valence-corrected chi connectivity index (χ4v) is 1.69. The molecule has 0 aliphatic heterocycles. The number of rotatable bonds is 3. The third kappa shape index (κ3) is 2.31. The number of hydrogen-bond donors (Lipinski definition) is 2. The lowest BCUT2D eigenvalue weighted by molar-refractivity contribution is 0.0692. The van der Waals surface area contributed by atoms with E-state index in [4.69, 9.17) is 9.84 Å². The second-order valence-corrected chi connectivity index (χ2v) is 4.02. The summed E-state index contributed by atoms with van der Waals surface area (Å²) in [6.45, 7) is 0. The van der Waals surface area contributed by atoms with Crippen molar-refractivity contribution >= 4 is 11.6 Å². The molecule has 3 aromatic rings. The van der Waals surface area contributed by atoms with E-state index in [0.29, 0.717) is 5.65 Å². The Balaban J connectivity index is 1.94. The first-order chi connectivity index (χ1) is 10.0. The molecule has 0 radical (unpaired) electrons. The lowest BCUT2D eigenvalue weighted by atomic mass is 10.2. The van der Waals surface area contributed by atoms with Crippen LogP contribution in [0.2, 0.25) is 0 Å². The van der Waals surface area contributed by atoms with Crippen LogP contribution in [0.1, 0.15) is 10.4 Å². The minimum atomic E-state index is -1.37. The zero-order chi connectivity index (χ0) is 15.0. The number of ether oxygens (including phenoxy) is 1. The van der Waals surface area contributed by atoms with E-state index in [0.717, 1.165) is 16.6 Å². The quantitative estimate of drug-likeness (QED) is 0.746. The second kappa shape index (κ2) is 4.71. The van der Waals surface area contributed by atoms with Crippen LogP contribution in [0, 0.1) is 5.82 Å². The SMILES string of the molecule is O=C(O)c1ccc(Oc2ccc3n[nH]c(=O)n3n2)cc1F. The molecule has 2 aromatic heterocycles. The lowest BCUT2D eigenvalue weighted by Gasteiger charge is -2.05. The van der Waals surface area contributed by atoms with Crippen LogP contribution in [0.3, 0.4) is 0 Å². The third-order valence-corrected chi connectivity index (χ3v) is 2.64. The number of halogens is 1. The number of carboxylic acid groups (broad SMARTS) is 1. The molecule has 0 spiro atoms. The molecule has 0 saturated heterocycles. The molecule has 8 nitrogen and oxygen atoms in total. The molecular formula is C12H7FN4O4. The lowest BCUT2D eigenvalue weighted by Crippen LogP contribution is -2.12. The number of nitrogens with one attached hydrogen (secondary N) is 1. The molecular weight excluding hydrogens is 283 g/mol. The Morgan fingerprint density at radius 2 is 2.14 bits per heavy atom. The highest BCUT2D eigenvalue weighted by molar-refractivity contribution is 5.88. The Kier molecular flexibility index (Phi) is 2.87. The third-order valence-electron chi connectivity index (χ3n) is 2.64. The summed E-state index contributed by atoms with van der Waals surface area (Å²) >= 11 is 0. The molecule has 0 unspecified atom stereocenters. The van der Waals surface area contributed by atoms with Crippen molar-refractivity contribution < 1.29 is 19.0 Å². The van der Waals surface area contributed by atoms with Crippen LogP contribution in [0.25, 0.3) is 5.65 Å². The summed E-state index contributed by atoms with van der Waals surface area (Å²) in [5.41, 5.74) is -0.695. The molecule has 2 heterocycles. The van der Waals surface area contributed by atoms with Crippen LogP contribution >= 0.6 is 0 Å². The fourth-order valence-electron chi connectivity index (χ4n) is 1.69. The van der Waals surface area contributed by atoms with Crippen LogP contribution in [0.4, 0.5) is 4.39 Å². The van der Waals surface area contributed by atoms with Crippen molar-refractivity contribution in [3.63, 3.8) is 0 Å². The molecule has 0 bridgehead atoms. The fraction of sp³-hybridized carbons (Fsp3) is 0. The number of benzene rings is 1. The molecule has 1 aromatic carbocycles. The van der Waals surface area contributed by atoms with Crippen LogP contribution in [-0.4, -0.2) is 30.9 Å². The van der Waals surface area contributed by atoms with E-state index >= 15 is 0 Å². The number of hydrogen-bond acceptors (Lipinski definition) is 5. The van der Waals surface area contributed by atoms with Crippen LogP contribution in [0.15, 0.2) is 35.1 Å². The van der Waals surface area contributed by atoms with E-state index < -0.39 is 23.0 Å². The van der Waals surface area contributed by atoms with Gasteiger partial charge in [-0.25, -0.2) is 19.1 Å². The van der Waals surface area contributed by atoms with Gasteiger partial charge in [0.15, 0.2) is 5.65 Å². The van der Waals surface area contributed by atoms with Gasteiger partial charge in [0.2, 0.25) is 5.88 Å². The molecule has 0 fully saturated rings. The Morgan fingerprint density at radius 1 is 1.33 bits per heavy atom. The van der Waals surface area contributed by atoms with Crippen LogP contribution in [-0.2, 0) is 0 Å². The number of aromatic amines is 1. The topological polar surface area (TPSA) is 110 Å². The maximum absolute atomic E-state index is 13.5.